The number of aryl methyl sites for hydroxylation is 2. The van der Waals surface area contributed by atoms with Crippen LogP contribution in [-0.4, -0.2) is 31.1 Å². The number of carbonyl (C=O) groups is 1. The zero-order valence-electron chi connectivity index (χ0n) is 19.0. The second-order valence-electron chi connectivity index (χ2n) is 8.16. The molecule has 0 fully saturated rings. The number of amides is 1. The van der Waals surface area contributed by atoms with Crippen molar-refractivity contribution in [3.63, 3.8) is 0 Å². The predicted octanol–water partition coefficient (Wildman–Crippen LogP) is 3.44. The molecule has 4 aromatic rings. The van der Waals surface area contributed by atoms with Crippen LogP contribution in [0.3, 0.4) is 0 Å². The second-order valence-corrected chi connectivity index (χ2v) is 8.16. The number of rotatable bonds is 8. The summed E-state index contributed by atoms with van der Waals surface area (Å²) in [7, 11) is 0. The molecule has 0 unspecified atom stereocenters. The van der Waals surface area contributed by atoms with Crippen LogP contribution in [0.4, 0.5) is 0 Å². The molecule has 0 radical (unpaired) electrons. The Bertz CT molecular complexity index is 1330. The van der Waals surface area contributed by atoms with Gasteiger partial charge in [0.15, 0.2) is 0 Å². The summed E-state index contributed by atoms with van der Waals surface area (Å²) in [5, 5.41) is 7.26. The molecule has 2 heterocycles. The van der Waals surface area contributed by atoms with Crippen molar-refractivity contribution < 1.29 is 9.53 Å². The fourth-order valence-corrected chi connectivity index (χ4v) is 3.60. The summed E-state index contributed by atoms with van der Waals surface area (Å²) in [4.78, 5) is 29.6. The van der Waals surface area contributed by atoms with E-state index in [1.54, 1.807) is 0 Å². The molecule has 1 N–H and O–H groups in total. The van der Waals surface area contributed by atoms with Crippen LogP contribution in [0.1, 0.15) is 30.0 Å². The highest BCUT2D eigenvalue weighted by molar-refractivity contribution is 5.76. The number of fused-ring (bicyclic) bond motifs is 1. The number of nitrogens with zero attached hydrogens (tertiary/aromatic N) is 4. The van der Waals surface area contributed by atoms with Gasteiger partial charge in [-0.05, 0) is 56.4 Å². The molecule has 170 valence electrons. The lowest BCUT2D eigenvalue weighted by molar-refractivity contribution is -0.122. The Morgan fingerprint density at radius 1 is 1.12 bits per heavy atom. The third kappa shape index (κ3) is 5.11. The molecule has 0 aliphatic carbocycles. The Balaban J connectivity index is 1.46. The number of benzene rings is 2. The highest BCUT2D eigenvalue weighted by Crippen LogP contribution is 2.27. The molecule has 0 saturated heterocycles. The highest BCUT2D eigenvalue weighted by atomic mass is 16.5. The minimum Gasteiger partial charge on any atom is -0.436 e. The second kappa shape index (κ2) is 9.68. The lowest BCUT2D eigenvalue weighted by Gasteiger charge is -2.13. The van der Waals surface area contributed by atoms with Crippen molar-refractivity contribution in [2.45, 2.75) is 46.2 Å². The van der Waals surface area contributed by atoms with Crippen LogP contribution >= 0.6 is 0 Å². The fourth-order valence-electron chi connectivity index (χ4n) is 3.60. The molecule has 0 aliphatic heterocycles. The zero-order chi connectivity index (χ0) is 23.4. The van der Waals surface area contributed by atoms with E-state index in [0.717, 1.165) is 28.7 Å². The molecule has 0 bridgehead atoms. The molecule has 0 saturated carbocycles. The maximum Gasteiger partial charge on any atom is 0.351 e. The average molecular weight is 446 g/mol. The van der Waals surface area contributed by atoms with Crippen molar-refractivity contribution in [2.24, 2.45) is 0 Å². The maximum atomic E-state index is 12.8. The van der Waals surface area contributed by atoms with E-state index in [-0.39, 0.29) is 30.0 Å². The summed E-state index contributed by atoms with van der Waals surface area (Å²) in [5.41, 5.74) is 3.12. The highest BCUT2D eigenvalue weighted by Gasteiger charge is 2.17. The molecule has 8 heteroatoms. The standard InChI is InChI=1S/C25H27N5O3/c1-17-8-7-11-21(19(17)3)33-24-23-28-30(25(32)29(23)15-14-26-24)16-22(31)27-18(2)12-13-20-9-5-4-6-10-20/h4-11,14-15,18H,12-13,16H2,1-3H3,(H,27,31)/t18-/m1/s1. The van der Waals surface area contributed by atoms with E-state index in [1.165, 1.54) is 22.4 Å². The van der Waals surface area contributed by atoms with E-state index < -0.39 is 5.69 Å². The molecule has 2 aromatic heterocycles. The molecule has 1 amide bonds. The van der Waals surface area contributed by atoms with E-state index in [2.05, 4.69) is 27.5 Å². The smallest absolute Gasteiger partial charge is 0.351 e. The van der Waals surface area contributed by atoms with Crippen LogP contribution in [0.25, 0.3) is 5.65 Å². The van der Waals surface area contributed by atoms with E-state index in [1.807, 2.05) is 57.2 Å². The number of ether oxygens (including phenoxy) is 1. The van der Waals surface area contributed by atoms with Crippen LogP contribution in [0.2, 0.25) is 0 Å². The lowest BCUT2D eigenvalue weighted by Crippen LogP contribution is -2.37. The van der Waals surface area contributed by atoms with Crippen molar-refractivity contribution in [1.82, 2.24) is 24.5 Å². The first-order valence-electron chi connectivity index (χ1n) is 10.9. The topological polar surface area (TPSA) is 90.5 Å². The van der Waals surface area contributed by atoms with Crippen molar-refractivity contribution in [1.29, 1.82) is 0 Å². The molecule has 0 spiro atoms. The quantitative estimate of drug-likeness (QED) is 0.449. The maximum absolute atomic E-state index is 12.8. The largest absolute Gasteiger partial charge is 0.436 e. The van der Waals surface area contributed by atoms with Crippen LogP contribution in [0.15, 0.2) is 65.7 Å². The van der Waals surface area contributed by atoms with Crippen molar-refractivity contribution in [3.8, 4) is 11.6 Å². The molecular weight excluding hydrogens is 418 g/mol. The summed E-state index contributed by atoms with van der Waals surface area (Å²) in [6.07, 6.45) is 4.65. The van der Waals surface area contributed by atoms with Gasteiger partial charge in [-0.2, -0.15) is 0 Å². The summed E-state index contributed by atoms with van der Waals surface area (Å²) in [6, 6.07) is 15.8. The first kappa shape index (κ1) is 22.3. The first-order chi connectivity index (χ1) is 15.9. The van der Waals surface area contributed by atoms with Gasteiger partial charge in [0.25, 0.3) is 5.88 Å². The van der Waals surface area contributed by atoms with E-state index in [4.69, 9.17) is 4.74 Å². The van der Waals surface area contributed by atoms with Crippen molar-refractivity contribution in [2.75, 3.05) is 0 Å². The number of aromatic nitrogens is 4. The van der Waals surface area contributed by atoms with Gasteiger partial charge >= 0.3 is 5.69 Å². The van der Waals surface area contributed by atoms with E-state index in [9.17, 15) is 9.59 Å². The van der Waals surface area contributed by atoms with Gasteiger partial charge < -0.3 is 10.1 Å². The molecule has 0 aliphatic rings. The minimum atomic E-state index is -0.426. The van der Waals surface area contributed by atoms with E-state index in [0.29, 0.717) is 5.75 Å². The Hall–Kier alpha value is -3.94. The van der Waals surface area contributed by atoms with Gasteiger partial charge in [-0.3, -0.25) is 4.79 Å². The molecule has 8 nitrogen and oxygen atoms in total. The molecule has 1 atom stereocenters. The Morgan fingerprint density at radius 2 is 1.91 bits per heavy atom. The minimum absolute atomic E-state index is 0.0321. The number of hydrogen-bond acceptors (Lipinski definition) is 5. The SMILES string of the molecule is Cc1cccc(Oc2nccn3c(=O)n(CC(=O)N[C@H](C)CCc4ccccc4)nc23)c1C. The van der Waals surface area contributed by atoms with Gasteiger partial charge in [0.2, 0.25) is 11.6 Å². The number of nitrogens with one attached hydrogen (secondary N) is 1. The number of carbonyl (C=O) groups excluding carboxylic acids is 1. The fraction of sp³-hybridized carbons (Fsp3) is 0.280. The van der Waals surface area contributed by atoms with Crippen LogP contribution in [-0.2, 0) is 17.8 Å². The number of hydrogen-bond donors (Lipinski definition) is 1. The Morgan fingerprint density at radius 3 is 2.70 bits per heavy atom. The third-order valence-corrected chi connectivity index (χ3v) is 5.64. The molecular formula is C25H27N5O3. The normalized spacial score (nSPS) is 12.0. The van der Waals surface area contributed by atoms with Gasteiger partial charge in [-0.15, -0.1) is 5.10 Å². The Labute approximate surface area is 191 Å². The third-order valence-electron chi connectivity index (χ3n) is 5.64. The van der Waals surface area contributed by atoms with E-state index >= 15 is 0 Å². The van der Waals surface area contributed by atoms with Gasteiger partial charge in [0.05, 0.1) is 0 Å². The van der Waals surface area contributed by atoms with Crippen molar-refractivity contribution >= 4 is 11.6 Å². The molecule has 33 heavy (non-hydrogen) atoms. The van der Waals surface area contributed by atoms with Gasteiger partial charge in [-0.1, -0.05) is 42.5 Å². The van der Waals surface area contributed by atoms with Gasteiger partial charge in [0, 0.05) is 18.4 Å². The monoisotopic (exact) mass is 445 g/mol. The van der Waals surface area contributed by atoms with Crippen LogP contribution in [0, 0.1) is 13.8 Å². The van der Waals surface area contributed by atoms with Crippen LogP contribution in [0.5, 0.6) is 11.6 Å². The average Bonchev–Trinajstić information content (AvgIpc) is 3.12. The molecule has 4 rings (SSSR count). The predicted molar refractivity (Wildman–Crippen MR) is 126 cm³/mol. The first-order valence-corrected chi connectivity index (χ1v) is 10.9. The van der Waals surface area contributed by atoms with Crippen LogP contribution < -0.4 is 15.7 Å². The summed E-state index contributed by atoms with van der Waals surface area (Å²) < 4.78 is 8.43. The van der Waals surface area contributed by atoms with Gasteiger partial charge in [0.1, 0.15) is 12.3 Å². The van der Waals surface area contributed by atoms with Gasteiger partial charge in [-0.25, -0.2) is 18.9 Å². The Kier molecular flexibility index (Phi) is 6.53. The summed E-state index contributed by atoms with van der Waals surface area (Å²) in [5.74, 6) is 0.576. The molecule has 2 aromatic carbocycles. The summed E-state index contributed by atoms with van der Waals surface area (Å²) in [6.45, 7) is 5.72. The zero-order valence-corrected chi connectivity index (χ0v) is 19.0. The lowest BCUT2D eigenvalue weighted by atomic mass is 10.1. The summed E-state index contributed by atoms with van der Waals surface area (Å²) >= 11 is 0. The van der Waals surface area contributed by atoms with Crippen molar-refractivity contribution in [3.05, 3.63) is 88.1 Å².